The zero-order chi connectivity index (χ0) is 13.5. The van der Waals surface area contributed by atoms with Gasteiger partial charge in [0.25, 0.3) is 5.91 Å². The fourth-order valence-corrected chi connectivity index (χ4v) is 1.48. The number of carbonyl (C=O) groups excluding carboxylic acids is 1. The van der Waals surface area contributed by atoms with Gasteiger partial charge in [-0.3, -0.25) is 4.79 Å². The molecule has 0 fully saturated rings. The fourth-order valence-electron chi connectivity index (χ4n) is 1.48. The number of ether oxygens (including phenoxy) is 1. The van der Waals surface area contributed by atoms with E-state index in [-0.39, 0.29) is 11.9 Å². The predicted octanol–water partition coefficient (Wildman–Crippen LogP) is 1.62. The number of nitrogens with one attached hydrogen (secondary N) is 1. The van der Waals surface area contributed by atoms with Gasteiger partial charge in [-0.05, 0) is 25.5 Å². The van der Waals surface area contributed by atoms with Crippen LogP contribution in [-0.2, 0) is 4.74 Å². The molecular weight excluding hydrogens is 230 g/mol. The Morgan fingerprint density at radius 2 is 2.22 bits per heavy atom. The van der Waals surface area contributed by atoms with Crippen LogP contribution in [0.5, 0.6) is 0 Å². The summed E-state index contributed by atoms with van der Waals surface area (Å²) in [4.78, 5) is 17.4. The van der Waals surface area contributed by atoms with Crippen LogP contribution < -0.4 is 5.32 Å². The number of hydrogen-bond acceptors (Lipinski definition) is 4. The Morgan fingerprint density at radius 3 is 2.72 bits per heavy atom. The highest BCUT2D eigenvalue weighted by Gasteiger charge is 2.08. The Morgan fingerprint density at radius 1 is 1.50 bits per heavy atom. The van der Waals surface area contributed by atoms with Crippen molar-refractivity contribution in [2.75, 3.05) is 33.1 Å². The van der Waals surface area contributed by atoms with Crippen molar-refractivity contribution < 1.29 is 9.53 Å². The quantitative estimate of drug-likeness (QED) is 0.834. The van der Waals surface area contributed by atoms with Crippen molar-refractivity contribution in [2.45, 2.75) is 19.4 Å². The molecule has 0 aliphatic carbocycles. The SMILES string of the molecule is COCCC(C)Nc1ccc(C(=O)N(C)C)cn1. The van der Waals surface area contributed by atoms with Gasteiger partial charge in [-0.2, -0.15) is 0 Å². The molecule has 1 unspecified atom stereocenters. The summed E-state index contributed by atoms with van der Waals surface area (Å²) in [5.41, 5.74) is 0.593. The topological polar surface area (TPSA) is 54.5 Å². The van der Waals surface area contributed by atoms with E-state index >= 15 is 0 Å². The summed E-state index contributed by atoms with van der Waals surface area (Å²) >= 11 is 0. The van der Waals surface area contributed by atoms with Crippen LogP contribution in [0.1, 0.15) is 23.7 Å². The van der Waals surface area contributed by atoms with Gasteiger partial charge in [0.2, 0.25) is 0 Å². The summed E-state index contributed by atoms with van der Waals surface area (Å²) in [7, 11) is 5.13. The van der Waals surface area contributed by atoms with E-state index in [0.29, 0.717) is 12.2 Å². The molecule has 5 heteroatoms. The van der Waals surface area contributed by atoms with Gasteiger partial charge >= 0.3 is 0 Å². The molecule has 5 nitrogen and oxygen atoms in total. The van der Waals surface area contributed by atoms with Gasteiger partial charge in [0.15, 0.2) is 0 Å². The third kappa shape index (κ3) is 4.33. The average molecular weight is 251 g/mol. The second-order valence-electron chi connectivity index (χ2n) is 4.46. The molecule has 0 bridgehead atoms. The lowest BCUT2D eigenvalue weighted by Gasteiger charge is -2.14. The average Bonchev–Trinajstić information content (AvgIpc) is 2.36. The van der Waals surface area contributed by atoms with Gasteiger partial charge in [0.05, 0.1) is 5.56 Å². The number of amides is 1. The minimum atomic E-state index is -0.0403. The molecule has 1 rings (SSSR count). The van der Waals surface area contributed by atoms with E-state index in [0.717, 1.165) is 12.2 Å². The molecule has 1 aromatic rings. The van der Waals surface area contributed by atoms with Crippen LogP contribution in [0.25, 0.3) is 0 Å². The summed E-state index contributed by atoms with van der Waals surface area (Å²) in [6.07, 6.45) is 2.50. The van der Waals surface area contributed by atoms with Crippen molar-refractivity contribution in [3.8, 4) is 0 Å². The highest BCUT2D eigenvalue weighted by molar-refractivity contribution is 5.93. The lowest BCUT2D eigenvalue weighted by molar-refractivity contribution is 0.0827. The summed E-state index contributed by atoms with van der Waals surface area (Å²) in [6.45, 7) is 2.78. The van der Waals surface area contributed by atoms with Crippen molar-refractivity contribution in [3.63, 3.8) is 0 Å². The lowest BCUT2D eigenvalue weighted by atomic mass is 10.2. The smallest absolute Gasteiger partial charge is 0.254 e. The minimum absolute atomic E-state index is 0.0403. The first kappa shape index (κ1) is 14.4. The molecule has 1 atom stereocenters. The number of nitrogens with zero attached hydrogens (tertiary/aromatic N) is 2. The van der Waals surface area contributed by atoms with Crippen LogP contribution in [0.4, 0.5) is 5.82 Å². The van der Waals surface area contributed by atoms with Crippen molar-refractivity contribution in [1.29, 1.82) is 0 Å². The van der Waals surface area contributed by atoms with Crippen LogP contribution in [-0.4, -0.2) is 49.6 Å². The molecule has 0 saturated carbocycles. The zero-order valence-electron chi connectivity index (χ0n) is 11.4. The van der Waals surface area contributed by atoms with E-state index in [1.165, 1.54) is 4.90 Å². The number of methoxy groups -OCH3 is 1. The third-order valence-electron chi connectivity index (χ3n) is 2.57. The van der Waals surface area contributed by atoms with Crippen LogP contribution in [0.15, 0.2) is 18.3 Å². The maximum absolute atomic E-state index is 11.7. The largest absolute Gasteiger partial charge is 0.385 e. The van der Waals surface area contributed by atoms with E-state index in [2.05, 4.69) is 17.2 Å². The maximum Gasteiger partial charge on any atom is 0.254 e. The third-order valence-corrected chi connectivity index (χ3v) is 2.57. The van der Waals surface area contributed by atoms with Gasteiger partial charge in [0, 0.05) is 40.1 Å². The Kier molecular flexibility index (Phi) is 5.58. The number of anilines is 1. The molecule has 0 saturated heterocycles. The zero-order valence-corrected chi connectivity index (χ0v) is 11.4. The van der Waals surface area contributed by atoms with Gasteiger partial charge in [-0.15, -0.1) is 0 Å². The first-order chi connectivity index (χ1) is 8.54. The number of rotatable bonds is 6. The minimum Gasteiger partial charge on any atom is -0.385 e. The summed E-state index contributed by atoms with van der Waals surface area (Å²) in [5.74, 6) is 0.732. The van der Waals surface area contributed by atoms with E-state index in [4.69, 9.17) is 4.74 Å². The highest BCUT2D eigenvalue weighted by Crippen LogP contribution is 2.09. The molecule has 1 amide bonds. The van der Waals surface area contributed by atoms with Crippen molar-refractivity contribution in [2.24, 2.45) is 0 Å². The molecule has 100 valence electrons. The van der Waals surface area contributed by atoms with Crippen LogP contribution in [0.2, 0.25) is 0 Å². The molecule has 0 radical (unpaired) electrons. The molecule has 0 aliphatic heterocycles. The Bertz CT molecular complexity index is 376. The fraction of sp³-hybridized carbons (Fsp3) is 0.538. The summed E-state index contributed by atoms with van der Waals surface area (Å²) in [5, 5.41) is 3.26. The molecular formula is C13H21N3O2. The second-order valence-corrected chi connectivity index (χ2v) is 4.46. The maximum atomic E-state index is 11.7. The van der Waals surface area contributed by atoms with Crippen molar-refractivity contribution in [3.05, 3.63) is 23.9 Å². The van der Waals surface area contributed by atoms with Gasteiger partial charge in [-0.1, -0.05) is 0 Å². The number of carbonyl (C=O) groups is 1. The second kappa shape index (κ2) is 6.96. The van der Waals surface area contributed by atoms with Crippen LogP contribution in [0, 0.1) is 0 Å². The monoisotopic (exact) mass is 251 g/mol. The Hall–Kier alpha value is -1.62. The van der Waals surface area contributed by atoms with E-state index in [9.17, 15) is 4.79 Å². The predicted molar refractivity (Wildman–Crippen MR) is 71.8 cm³/mol. The first-order valence-corrected chi connectivity index (χ1v) is 5.97. The molecule has 1 heterocycles. The standard InChI is InChI=1S/C13H21N3O2/c1-10(7-8-18-4)15-12-6-5-11(9-14-12)13(17)16(2)3/h5-6,9-10H,7-8H2,1-4H3,(H,14,15). The van der Waals surface area contributed by atoms with Gasteiger partial charge < -0.3 is 15.0 Å². The number of pyridine rings is 1. The Balaban J connectivity index is 2.57. The summed E-state index contributed by atoms with van der Waals surface area (Å²) in [6, 6.07) is 3.88. The molecule has 1 aromatic heterocycles. The van der Waals surface area contributed by atoms with E-state index in [1.807, 2.05) is 6.07 Å². The number of aromatic nitrogens is 1. The van der Waals surface area contributed by atoms with Crippen molar-refractivity contribution >= 4 is 11.7 Å². The Labute approximate surface area is 108 Å². The molecule has 1 N–H and O–H groups in total. The lowest BCUT2D eigenvalue weighted by Crippen LogP contribution is -2.22. The number of hydrogen-bond donors (Lipinski definition) is 1. The van der Waals surface area contributed by atoms with Crippen LogP contribution >= 0.6 is 0 Å². The molecule has 0 aromatic carbocycles. The van der Waals surface area contributed by atoms with Gasteiger partial charge in [0.1, 0.15) is 5.82 Å². The molecule has 0 aliphatic rings. The van der Waals surface area contributed by atoms with Gasteiger partial charge in [-0.25, -0.2) is 4.98 Å². The van der Waals surface area contributed by atoms with E-state index < -0.39 is 0 Å². The molecule has 18 heavy (non-hydrogen) atoms. The van der Waals surface area contributed by atoms with Crippen molar-refractivity contribution in [1.82, 2.24) is 9.88 Å². The molecule has 0 spiro atoms. The summed E-state index contributed by atoms with van der Waals surface area (Å²) < 4.78 is 5.02. The highest BCUT2D eigenvalue weighted by atomic mass is 16.5. The van der Waals surface area contributed by atoms with Crippen LogP contribution in [0.3, 0.4) is 0 Å². The normalized spacial score (nSPS) is 12.0. The first-order valence-electron chi connectivity index (χ1n) is 5.97. The van der Waals surface area contributed by atoms with E-state index in [1.54, 1.807) is 33.5 Å².